The molecule has 0 aromatic heterocycles. The van der Waals surface area contributed by atoms with E-state index in [1.54, 1.807) is 0 Å². The molecule has 0 spiro atoms. The molecule has 258 valence electrons. The highest BCUT2D eigenvalue weighted by molar-refractivity contribution is 6.58. The zero-order valence-electron chi connectivity index (χ0n) is 24.7. The van der Waals surface area contributed by atoms with Crippen LogP contribution in [-0.4, -0.2) is 49.6 Å². The Morgan fingerprint density at radius 3 is 2.06 bits per heavy atom. The lowest BCUT2D eigenvalue weighted by atomic mass is 9.56. The van der Waals surface area contributed by atoms with E-state index in [-0.39, 0.29) is 28.1 Å². The van der Waals surface area contributed by atoms with E-state index >= 15 is 8.78 Å². The quantitative estimate of drug-likeness (QED) is 0.0878. The number of rotatable bonds is 4. The minimum absolute atomic E-state index is 0.0128. The molecule has 6 atom stereocenters. The number of aromatic carboxylic acids is 1. The molecule has 3 aromatic carbocycles. The first kappa shape index (κ1) is 33.6. The van der Waals surface area contributed by atoms with Crippen molar-refractivity contribution in [2.45, 2.75) is 28.5 Å². The Morgan fingerprint density at radius 2 is 1.42 bits per heavy atom. The van der Waals surface area contributed by atoms with Crippen LogP contribution in [0, 0.1) is 52.7 Å². The minimum atomic E-state index is -2.95. The highest BCUT2D eigenvalue weighted by atomic mass is 35.5. The highest BCUT2D eigenvalue weighted by Gasteiger charge is 2.77. The predicted octanol–water partition coefficient (Wildman–Crippen LogP) is 5.69. The summed E-state index contributed by atoms with van der Waals surface area (Å²) in [5.74, 6) is -27.4. The number of carboxylic acids is 1. The number of anilines is 2. The van der Waals surface area contributed by atoms with Gasteiger partial charge in [-0.25, -0.2) is 36.0 Å². The van der Waals surface area contributed by atoms with Crippen molar-refractivity contribution in [2.24, 2.45) is 17.8 Å². The number of fused-ring (bicyclic) bond motifs is 4. The fourth-order valence-corrected chi connectivity index (χ4v) is 8.64. The van der Waals surface area contributed by atoms with E-state index in [0.29, 0.717) is 0 Å². The van der Waals surface area contributed by atoms with Gasteiger partial charge in [0.2, 0.25) is 17.6 Å². The standard InChI is InChI=1S/C33H18Cl2F6N2O7/c34-32-10-16-13(7-8-14-18(16)28(46)42(27(14)45)12-4-1-3-11(9-12)29(47)48)19(15-5-2-6-17(36)26(15)44)33(32,35)31(50)43(30(32)49)25-23(40)21(38)20(37)22(39)24(25)41/h1-7,9,14,16,18-19,44H,8,10H2,(H,47,48)/t14-,16+,18-,19+,32+,33-/m0/s1. The number of hydrogen-bond donors (Lipinski definition) is 2. The summed E-state index contributed by atoms with van der Waals surface area (Å²) in [6.07, 6.45) is 0.313. The van der Waals surface area contributed by atoms with Crippen molar-refractivity contribution in [3.63, 3.8) is 0 Å². The van der Waals surface area contributed by atoms with Gasteiger partial charge in [0.1, 0.15) is 5.69 Å². The van der Waals surface area contributed by atoms with Crippen LogP contribution >= 0.6 is 23.2 Å². The summed E-state index contributed by atoms with van der Waals surface area (Å²) in [4.78, 5) is 62.4. The van der Waals surface area contributed by atoms with E-state index in [4.69, 9.17) is 23.2 Å². The van der Waals surface area contributed by atoms with Crippen LogP contribution in [0.5, 0.6) is 5.75 Å². The molecular weight excluding hydrogens is 721 g/mol. The number of phenolic OH excluding ortho intramolecular Hbond substituents is 1. The molecule has 2 heterocycles. The molecule has 0 unspecified atom stereocenters. The largest absolute Gasteiger partial charge is 0.505 e. The van der Waals surface area contributed by atoms with Gasteiger partial charge in [-0.3, -0.25) is 24.1 Å². The van der Waals surface area contributed by atoms with Crippen molar-refractivity contribution in [1.29, 1.82) is 0 Å². The first-order valence-electron chi connectivity index (χ1n) is 14.7. The number of carbonyl (C=O) groups excluding carboxylic acids is 4. The van der Waals surface area contributed by atoms with Crippen molar-refractivity contribution in [2.75, 3.05) is 9.80 Å². The van der Waals surface area contributed by atoms with Gasteiger partial charge in [0, 0.05) is 11.5 Å². The maximum atomic E-state index is 15.1. The Kier molecular flexibility index (Phi) is 7.43. The molecule has 2 saturated heterocycles. The predicted molar refractivity (Wildman–Crippen MR) is 160 cm³/mol. The molecule has 50 heavy (non-hydrogen) atoms. The maximum absolute atomic E-state index is 15.1. The second-order valence-corrected chi connectivity index (χ2v) is 13.5. The van der Waals surface area contributed by atoms with E-state index in [1.807, 2.05) is 0 Å². The van der Waals surface area contributed by atoms with Crippen molar-refractivity contribution < 1.29 is 60.5 Å². The SMILES string of the molecule is O=C(O)c1cccc(N2C(=O)[C@H]3[C@H](CC=C4[C@H]3C[C@@]3(Cl)C(=O)N(c5c(F)c(F)c(F)c(F)c5F)C(=O)[C@@]3(Cl)[C@H]4c3cccc(F)c3O)C2=O)c1. The van der Waals surface area contributed by atoms with Gasteiger partial charge in [-0.15, -0.1) is 23.2 Å². The van der Waals surface area contributed by atoms with Crippen LogP contribution in [0.2, 0.25) is 0 Å². The van der Waals surface area contributed by atoms with Gasteiger partial charge in [0.15, 0.2) is 44.6 Å². The topological polar surface area (TPSA) is 132 Å². The van der Waals surface area contributed by atoms with Crippen molar-refractivity contribution in [1.82, 2.24) is 0 Å². The number of imide groups is 2. The van der Waals surface area contributed by atoms with Crippen LogP contribution < -0.4 is 9.80 Å². The lowest BCUT2D eigenvalue weighted by Crippen LogP contribution is -2.60. The van der Waals surface area contributed by atoms with Crippen LogP contribution in [-0.2, 0) is 19.2 Å². The summed E-state index contributed by atoms with van der Waals surface area (Å²) in [6.45, 7) is 0. The molecule has 4 aliphatic rings. The van der Waals surface area contributed by atoms with Gasteiger partial charge in [0.25, 0.3) is 11.8 Å². The minimum Gasteiger partial charge on any atom is -0.505 e. The third-order valence-electron chi connectivity index (χ3n) is 9.90. The Bertz CT molecular complexity index is 2140. The number of benzene rings is 3. The van der Waals surface area contributed by atoms with E-state index in [2.05, 4.69) is 0 Å². The Hall–Kier alpha value is -4.89. The second kappa shape index (κ2) is 11.1. The molecule has 7 rings (SSSR count). The summed E-state index contributed by atoms with van der Waals surface area (Å²) in [5.41, 5.74) is -2.85. The van der Waals surface area contributed by atoms with Crippen molar-refractivity contribution >= 4 is 64.2 Å². The molecule has 2 N–H and O–H groups in total. The first-order valence-corrected chi connectivity index (χ1v) is 15.4. The third-order valence-corrected chi connectivity index (χ3v) is 11.3. The second-order valence-electron chi connectivity index (χ2n) is 12.2. The Morgan fingerprint density at radius 1 is 0.800 bits per heavy atom. The number of carboxylic acid groups (broad SMARTS) is 1. The number of alkyl halides is 2. The van der Waals surface area contributed by atoms with E-state index in [1.165, 1.54) is 24.3 Å². The van der Waals surface area contributed by atoms with Gasteiger partial charge >= 0.3 is 5.97 Å². The molecule has 0 bridgehead atoms. The van der Waals surface area contributed by atoms with E-state index in [0.717, 1.165) is 29.2 Å². The number of nitrogens with zero attached hydrogens (tertiary/aromatic N) is 2. The molecular formula is C33H18Cl2F6N2O7. The first-order chi connectivity index (χ1) is 23.5. The summed E-state index contributed by atoms with van der Waals surface area (Å²) in [6, 6.07) is 7.88. The van der Waals surface area contributed by atoms with Crippen LogP contribution in [0.3, 0.4) is 0 Å². The number of hydrogen-bond acceptors (Lipinski definition) is 6. The maximum Gasteiger partial charge on any atom is 0.335 e. The van der Waals surface area contributed by atoms with Gasteiger partial charge in [-0.1, -0.05) is 29.8 Å². The monoisotopic (exact) mass is 738 g/mol. The highest BCUT2D eigenvalue weighted by Crippen LogP contribution is 2.66. The molecule has 3 aromatic rings. The number of halogens is 8. The summed E-state index contributed by atoms with van der Waals surface area (Å²) in [5, 5.41) is 20.3. The molecule has 3 fully saturated rings. The number of phenols is 1. The molecule has 9 nitrogen and oxygen atoms in total. The van der Waals surface area contributed by atoms with E-state index in [9.17, 15) is 51.7 Å². The number of allylic oxidation sites excluding steroid dienone is 2. The molecule has 2 aliphatic carbocycles. The Labute approximate surface area is 286 Å². The summed E-state index contributed by atoms with van der Waals surface area (Å²) < 4.78 is 87.8. The fourth-order valence-electron chi connectivity index (χ4n) is 7.71. The smallest absolute Gasteiger partial charge is 0.335 e. The van der Waals surface area contributed by atoms with Gasteiger partial charge in [0.05, 0.1) is 23.1 Å². The number of para-hydroxylation sites is 1. The van der Waals surface area contributed by atoms with Crippen LogP contribution in [0.4, 0.5) is 37.7 Å². The third kappa shape index (κ3) is 4.13. The molecule has 4 amide bonds. The molecule has 0 radical (unpaired) electrons. The van der Waals surface area contributed by atoms with Crippen LogP contribution in [0.15, 0.2) is 54.1 Å². The molecule has 1 saturated carbocycles. The van der Waals surface area contributed by atoms with Gasteiger partial charge in [-0.05, 0) is 43.0 Å². The van der Waals surface area contributed by atoms with Crippen LogP contribution in [0.25, 0.3) is 0 Å². The lowest BCUT2D eigenvalue weighted by Gasteiger charge is -2.50. The van der Waals surface area contributed by atoms with E-state index < -0.39 is 121 Å². The normalized spacial score (nSPS) is 28.8. The number of aromatic hydroxyl groups is 1. The van der Waals surface area contributed by atoms with Gasteiger partial charge < -0.3 is 10.2 Å². The zero-order valence-corrected chi connectivity index (χ0v) is 26.2. The summed E-state index contributed by atoms with van der Waals surface area (Å²) >= 11 is 13.9. The summed E-state index contributed by atoms with van der Waals surface area (Å²) in [7, 11) is 0. The fraction of sp³-hybridized carbons (Fsp3) is 0.242. The molecule has 2 aliphatic heterocycles. The van der Waals surface area contributed by atoms with Crippen LogP contribution in [0.1, 0.15) is 34.7 Å². The molecule has 17 heteroatoms. The lowest BCUT2D eigenvalue weighted by molar-refractivity contribution is -0.125. The Balaban J connectivity index is 1.43. The zero-order chi connectivity index (χ0) is 36.4. The average Bonchev–Trinajstić information content (AvgIpc) is 3.42. The average molecular weight is 739 g/mol. The number of carbonyl (C=O) groups is 5. The number of amides is 4. The van der Waals surface area contributed by atoms with Crippen molar-refractivity contribution in [3.05, 3.63) is 100 Å². The van der Waals surface area contributed by atoms with Gasteiger partial charge in [-0.2, -0.15) is 0 Å². The van der Waals surface area contributed by atoms with Crippen molar-refractivity contribution in [3.8, 4) is 5.75 Å².